The Hall–Kier alpha value is -1.07. The highest BCUT2D eigenvalue weighted by atomic mass is 16.5. The maximum atomic E-state index is 5.60. The second-order valence-corrected chi connectivity index (χ2v) is 3.26. The zero-order valence-corrected chi connectivity index (χ0v) is 8.27. The van der Waals surface area contributed by atoms with E-state index in [1.54, 1.807) is 6.20 Å². The highest BCUT2D eigenvalue weighted by Gasteiger charge is 2.19. The molecule has 1 aliphatic heterocycles. The van der Waals surface area contributed by atoms with Crippen LogP contribution in [-0.2, 0) is 11.3 Å². The van der Waals surface area contributed by atoms with Crippen LogP contribution in [0.5, 0.6) is 5.88 Å². The Kier molecular flexibility index (Phi) is 3.00. The fourth-order valence-electron chi connectivity index (χ4n) is 1.43. The third kappa shape index (κ3) is 2.05. The van der Waals surface area contributed by atoms with Gasteiger partial charge in [0.15, 0.2) is 0 Å². The maximum Gasteiger partial charge on any atom is 0.211 e. The second-order valence-electron chi connectivity index (χ2n) is 3.26. The summed E-state index contributed by atoms with van der Waals surface area (Å²) in [6.07, 6.45) is 1.86. The molecule has 1 aliphatic rings. The van der Waals surface area contributed by atoms with Gasteiger partial charge in [0.25, 0.3) is 0 Å². The van der Waals surface area contributed by atoms with Gasteiger partial charge in [-0.15, -0.1) is 0 Å². The van der Waals surface area contributed by atoms with Crippen LogP contribution in [0.2, 0.25) is 0 Å². The first-order chi connectivity index (χ1) is 6.90. The molecule has 2 heterocycles. The summed E-state index contributed by atoms with van der Waals surface area (Å²) in [5, 5.41) is 7.16. The molecule has 5 heteroatoms. The number of likely N-dealkylation sites (N-methyl/N-ethyl adjacent to an activating group) is 1. The average Bonchev–Trinajstić information content (AvgIpc) is 2.65. The van der Waals surface area contributed by atoms with Gasteiger partial charge < -0.3 is 14.8 Å². The first-order valence-corrected chi connectivity index (χ1v) is 4.81. The molecule has 1 unspecified atom stereocenters. The third-order valence-corrected chi connectivity index (χ3v) is 2.18. The van der Waals surface area contributed by atoms with Gasteiger partial charge in [-0.25, -0.2) is 4.68 Å². The van der Waals surface area contributed by atoms with E-state index >= 15 is 0 Å². The molecule has 1 N–H and O–H groups in total. The van der Waals surface area contributed by atoms with Crippen molar-refractivity contribution in [3.8, 4) is 5.88 Å². The van der Waals surface area contributed by atoms with Gasteiger partial charge in [-0.2, -0.15) is 5.10 Å². The van der Waals surface area contributed by atoms with Crippen molar-refractivity contribution in [2.45, 2.75) is 12.6 Å². The van der Waals surface area contributed by atoms with Crippen molar-refractivity contribution in [1.82, 2.24) is 15.1 Å². The molecule has 14 heavy (non-hydrogen) atoms. The molecule has 1 aromatic heterocycles. The molecule has 0 spiro atoms. The van der Waals surface area contributed by atoms with Crippen LogP contribution in [0.4, 0.5) is 0 Å². The SMILES string of the molecule is CNCCOC1COc2ccnn2C1. The molecule has 0 aromatic carbocycles. The van der Waals surface area contributed by atoms with Gasteiger partial charge >= 0.3 is 0 Å². The van der Waals surface area contributed by atoms with Crippen molar-refractivity contribution < 1.29 is 9.47 Å². The van der Waals surface area contributed by atoms with Crippen molar-refractivity contribution in [3.63, 3.8) is 0 Å². The topological polar surface area (TPSA) is 48.3 Å². The number of fused-ring (bicyclic) bond motifs is 1. The Labute approximate surface area is 83.0 Å². The number of hydrogen-bond donors (Lipinski definition) is 1. The van der Waals surface area contributed by atoms with Gasteiger partial charge in [0.1, 0.15) is 12.7 Å². The summed E-state index contributed by atoms with van der Waals surface area (Å²) in [5.74, 6) is 0.832. The van der Waals surface area contributed by atoms with E-state index < -0.39 is 0 Å². The Morgan fingerprint density at radius 3 is 3.57 bits per heavy atom. The molecule has 0 saturated carbocycles. The average molecular weight is 197 g/mol. The zero-order valence-electron chi connectivity index (χ0n) is 8.27. The van der Waals surface area contributed by atoms with Gasteiger partial charge in [-0.05, 0) is 7.05 Å². The molecule has 1 aromatic rings. The quantitative estimate of drug-likeness (QED) is 0.684. The van der Waals surface area contributed by atoms with Crippen LogP contribution in [-0.4, -0.2) is 42.7 Å². The molecule has 0 aliphatic carbocycles. The molecular formula is C9H15N3O2. The standard InChI is InChI=1S/C9H15N3O2/c1-10-4-5-13-8-6-12-9(14-7-8)2-3-11-12/h2-3,8,10H,4-7H2,1H3. The molecule has 0 bridgehead atoms. The van der Waals surface area contributed by atoms with Gasteiger partial charge in [0.05, 0.1) is 19.3 Å². The molecule has 78 valence electrons. The van der Waals surface area contributed by atoms with Gasteiger partial charge in [-0.1, -0.05) is 0 Å². The highest BCUT2D eigenvalue weighted by Crippen LogP contribution is 2.16. The minimum atomic E-state index is 0.121. The van der Waals surface area contributed by atoms with Gasteiger partial charge in [-0.3, -0.25) is 0 Å². The third-order valence-electron chi connectivity index (χ3n) is 2.18. The summed E-state index contributed by atoms with van der Waals surface area (Å²) in [6, 6.07) is 1.86. The van der Waals surface area contributed by atoms with Gasteiger partial charge in [0, 0.05) is 12.6 Å². The van der Waals surface area contributed by atoms with Crippen molar-refractivity contribution in [2.24, 2.45) is 0 Å². The molecule has 0 radical (unpaired) electrons. The lowest BCUT2D eigenvalue weighted by Crippen LogP contribution is -2.34. The van der Waals surface area contributed by atoms with E-state index in [0.29, 0.717) is 13.2 Å². The van der Waals surface area contributed by atoms with Crippen LogP contribution < -0.4 is 10.1 Å². The second kappa shape index (κ2) is 4.43. The Morgan fingerprint density at radius 2 is 2.71 bits per heavy atom. The zero-order chi connectivity index (χ0) is 9.80. The van der Waals surface area contributed by atoms with Crippen molar-refractivity contribution in [1.29, 1.82) is 0 Å². The Morgan fingerprint density at radius 1 is 1.79 bits per heavy atom. The van der Waals surface area contributed by atoms with Crippen LogP contribution in [0.3, 0.4) is 0 Å². The van der Waals surface area contributed by atoms with Crippen LogP contribution in [0.15, 0.2) is 12.3 Å². The lowest BCUT2D eigenvalue weighted by atomic mass is 10.3. The predicted octanol–water partition coefficient (Wildman–Crippen LogP) is -0.120. The van der Waals surface area contributed by atoms with Crippen LogP contribution in [0.1, 0.15) is 0 Å². The monoisotopic (exact) mass is 197 g/mol. The number of nitrogens with one attached hydrogen (secondary N) is 1. The fraction of sp³-hybridized carbons (Fsp3) is 0.667. The van der Waals surface area contributed by atoms with E-state index in [4.69, 9.17) is 9.47 Å². The number of nitrogens with zero attached hydrogens (tertiary/aromatic N) is 2. The van der Waals surface area contributed by atoms with E-state index in [1.165, 1.54) is 0 Å². The molecule has 2 rings (SSSR count). The maximum absolute atomic E-state index is 5.60. The smallest absolute Gasteiger partial charge is 0.211 e. The van der Waals surface area contributed by atoms with Crippen molar-refractivity contribution >= 4 is 0 Å². The van der Waals surface area contributed by atoms with E-state index in [9.17, 15) is 0 Å². The summed E-state index contributed by atoms with van der Waals surface area (Å²) in [7, 11) is 1.91. The number of ether oxygens (including phenoxy) is 2. The van der Waals surface area contributed by atoms with Crippen LogP contribution in [0.25, 0.3) is 0 Å². The summed E-state index contributed by atoms with van der Waals surface area (Å²) >= 11 is 0. The minimum absolute atomic E-state index is 0.121. The van der Waals surface area contributed by atoms with E-state index in [2.05, 4.69) is 10.4 Å². The first-order valence-electron chi connectivity index (χ1n) is 4.81. The Bertz CT molecular complexity index is 287. The highest BCUT2D eigenvalue weighted by molar-refractivity contribution is 5.09. The van der Waals surface area contributed by atoms with Crippen molar-refractivity contribution in [3.05, 3.63) is 12.3 Å². The summed E-state index contributed by atoms with van der Waals surface area (Å²) < 4.78 is 12.9. The molecule has 0 fully saturated rings. The summed E-state index contributed by atoms with van der Waals surface area (Å²) in [4.78, 5) is 0. The number of hydrogen-bond acceptors (Lipinski definition) is 4. The molecule has 5 nitrogen and oxygen atoms in total. The van der Waals surface area contributed by atoms with Crippen LogP contribution in [0, 0.1) is 0 Å². The largest absolute Gasteiger partial charge is 0.475 e. The van der Waals surface area contributed by atoms with Gasteiger partial charge in [0.2, 0.25) is 5.88 Å². The fourth-order valence-corrected chi connectivity index (χ4v) is 1.43. The first kappa shape index (κ1) is 9.48. The minimum Gasteiger partial charge on any atom is -0.475 e. The summed E-state index contributed by atoms with van der Waals surface area (Å²) in [5.41, 5.74) is 0. The Balaban J connectivity index is 1.82. The molecule has 0 saturated heterocycles. The van der Waals surface area contributed by atoms with E-state index in [1.807, 2.05) is 17.8 Å². The summed E-state index contributed by atoms with van der Waals surface area (Å²) in [6.45, 7) is 2.98. The van der Waals surface area contributed by atoms with E-state index in [-0.39, 0.29) is 6.10 Å². The van der Waals surface area contributed by atoms with E-state index in [0.717, 1.165) is 19.0 Å². The normalized spacial score (nSPS) is 20.2. The molecular weight excluding hydrogens is 182 g/mol. The predicted molar refractivity (Wildman–Crippen MR) is 51.4 cm³/mol. The lowest BCUT2D eigenvalue weighted by Gasteiger charge is -2.24. The van der Waals surface area contributed by atoms with Crippen molar-refractivity contribution in [2.75, 3.05) is 26.8 Å². The van der Waals surface area contributed by atoms with Crippen LogP contribution >= 0.6 is 0 Å². The molecule has 0 amide bonds. The molecule has 1 atom stereocenters. The number of rotatable bonds is 4. The number of aromatic nitrogens is 2. The lowest BCUT2D eigenvalue weighted by molar-refractivity contribution is -0.0104.